The number of aromatic nitrogens is 1. The predicted molar refractivity (Wildman–Crippen MR) is 52.4 cm³/mol. The van der Waals surface area contributed by atoms with Crippen molar-refractivity contribution in [3.63, 3.8) is 0 Å². The first kappa shape index (κ1) is 11.9. The molecule has 0 spiro atoms. The van der Waals surface area contributed by atoms with E-state index in [1.807, 2.05) is 0 Å². The monoisotopic (exact) mass is 245 g/mol. The van der Waals surface area contributed by atoms with Crippen molar-refractivity contribution in [1.29, 1.82) is 0 Å². The van der Waals surface area contributed by atoms with Crippen LogP contribution in [0.2, 0.25) is 0 Å². The van der Waals surface area contributed by atoms with E-state index in [4.69, 9.17) is 5.11 Å². The van der Waals surface area contributed by atoms with Gasteiger partial charge in [0.05, 0.1) is 12.0 Å². The van der Waals surface area contributed by atoms with E-state index >= 15 is 0 Å². The summed E-state index contributed by atoms with van der Waals surface area (Å²) in [5, 5.41) is 8.74. The number of nitrogens with zero attached hydrogens (tertiary/aromatic N) is 1. The van der Waals surface area contributed by atoms with E-state index in [1.54, 1.807) is 0 Å². The number of hydrogen-bond donors (Lipinski definition) is 1. The van der Waals surface area contributed by atoms with Gasteiger partial charge in [0.2, 0.25) is 0 Å². The average Bonchev–Trinajstić information content (AvgIpc) is 2.97. The minimum absolute atomic E-state index is 0.00917. The molecule has 1 aliphatic rings. The molecular formula is C11H10F3NO2. The summed E-state index contributed by atoms with van der Waals surface area (Å²) in [6.07, 6.45) is -1.60. The molecule has 3 nitrogen and oxygen atoms in total. The number of hydrogen-bond acceptors (Lipinski definition) is 2. The maximum absolute atomic E-state index is 12.8. The molecule has 0 atom stereocenters. The van der Waals surface area contributed by atoms with Crippen LogP contribution in [0, 0.1) is 0 Å². The van der Waals surface area contributed by atoms with Gasteiger partial charge in [-0.1, -0.05) is 0 Å². The molecule has 1 N–H and O–H groups in total. The van der Waals surface area contributed by atoms with Gasteiger partial charge in [-0.05, 0) is 24.5 Å². The zero-order chi connectivity index (χ0) is 12.7. The Hall–Kier alpha value is -1.59. The summed E-state index contributed by atoms with van der Waals surface area (Å²) in [6.45, 7) is 0. The van der Waals surface area contributed by atoms with Crippen LogP contribution in [0.1, 0.15) is 30.4 Å². The third-order valence-corrected chi connectivity index (χ3v) is 3.04. The van der Waals surface area contributed by atoms with Gasteiger partial charge in [0.15, 0.2) is 0 Å². The van der Waals surface area contributed by atoms with Crippen molar-refractivity contribution >= 4 is 5.97 Å². The molecule has 0 bridgehead atoms. The van der Waals surface area contributed by atoms with Crippen molar-refractivity contribution < 1.29 is 23.1 Å². The Labute approximate surface area is 95.3 Å². The van der Waals surface area contributed by atoms with E-state index in [0.29, 0.717) is 12.8 Å². The zero-order valence-corrected chi connectivity index (χ0v) is 8.79. The van der Waals surface area contributed by atoms with Crippen molar-refractivity contribution in [1.82, 2.24) is 4.98 Å². The molecule has 1 aromatic rings. The molecule has 1 heterocycles. The topological polar surface area (TPSA) is 50.2 Å². The summed E-state index contributed by atoms with van der Waals surface area (Å²) in [6, 6.07) is 0.900. The molecule has 0 aliphatic heterocycles. The number of carboxylic acid groups (broad SMARTS) is 1. The van der Waals surface area contributed by atoms with E-state index in [9.17, 15) is 18.0 Å². The molecule has 1 aromatic heterocycles. The standard InChI is InChI=1S/C11H10F3NO2/c12-11(13,14)7-1-4-15-6-8(7)10(2-3-10)5-9(16)17/h1,4,6H,2-3,5H2,(H,16,17). The molecule has 17 heavy (non-hydrogen) atoms. The molecule has 0 radical (unpaired) electrons. The first-order valence-corrected chi connectivity index (χ1v) is 5.09. The molecule has 0 unspecified atom stereocenters. The second-order valence-corrected chi connectivity index (χ2v) is 4.27. The highest BCUT2D eigenvalue weighted by atomic mass is 19.4. The van der Waals surface area contributed by atoms with E-state index in [2.05, 4.69) is 4.98 Å². The lowest BCUT2D eigenvalue weighted by Gasteiger charge is -2.18. The maximum Gasteiger partial charge on any atom is 0.416 e. The minimum atomic E-state index is -4.47. The third-order valence-electron chi connectivity index (χ3n) is 3.04. The SMILES string of the molecule is O=C(O)CC1(c2cnccc2C(F)(F)F)CC1. The predicted octanol–water partition coefficient (Wildman–Crippen LogP) is 2.61. The fraction of sp³-hybridized carbons (Fsp3) is 0.455. The molecule has 0 amide bonds. The van der Waals surface area contributed by atoms with Gasteiger partial charge < -0.3 is 5.11 Å². The lowest BCUT2D eigenvalue weighted by Crippen LogP contribution is -2.19. The van der Waals surface area contributed by atoms with Crippen LogP contribution in [-0.4, -0.2) is 16.1 Å². The highest BCUT2D eigenvalue weighted by Crippen LogP contribution is 2.53. The van der Waals surface area contributed by atoms with Crippen LogP contribution in [0.3, 0.4) is 0 Å². The maximum atomic E-state index is 12.8. The smallest absolute Gasteiger partial charge is 0.416 e. The minimum Gasteiger partial charge on any atom is -0.481 e. The summed E-state index contributed by atoms with van der Waals surface area (Å²) in [5.41, 5.74) is -1.63. The highest BCUT2D eigenvalue weighted by Gasteiger charge is 2.50. The number of carbonyl (C=O) groups is 1. The Morgan fingerprint density at radius 3 is 2.59 bits per heavy atom. The summed E-state index contributed by atoms with van der Waals surface area (Å²) >= 11 is 0. The Kier molecular flexibility index (Phi) is 2.60. The Morgan fingerprint density at radius 1 is 1.47 bits per heavy atom. The van der Waals surface area contributed by atoms with Crippen LogP contribution < -0.4 is 0 Å². The molecule has 6 heteroatoms. The van der Waals surface area contributed by atoms with E-state index in [1.165, 1.54) is 0 Å². The molecule has 92 valence electrons. The van der Waals surface area contributed by atoms with Crippen molar-refractivity contribution in [3.05, 3.63) is 29.6 Å². The lowest BCUT2D eigenvalue weighted by atomic mass is 9.90. The number of pyridine rings is 1. The molecule has 1 saturated carbocycles. The quantitative estimate of drug-likeness (QED) is 0.890. The number of carboxylic acids is 1. The van der Waals surface area contributed by atoms with E-state index < -0.39 is 23.1 Å². The second-order valence-electron chi connectivity index (χ2n) is 4.27. The molecule has 2 rings (SSSR count). The molecule has 0 saturated heterocycles. The Morgan fingerprint density at radius 2 is 2.12 bits per heavy atom. The van der Waals surface area contributed by atoms with Gasteiger partial charge in [0, 0.05) is 17.8 Å². The molecule has 1 aliphatic carbocycles. The second kappa shape index (κ2) is 3.72. The number of aliphatic carboxylic acids is 1. The van der Waals surface area contributed by atoms with Gasteiger partial charge in [0.1, 0.15) is 0 Å². The summed E-state index contributed by atoms with van der Waals surface area (Å²) in [7, 11) is 0. The van der Waals surface area contributed by atoms with Crippen LogP contribution in [0.15, 0.2) is 18.5 Å². The van der Waals surface area contributed by atoms with Crippen LogP contribution in [-0.2, 0) is 16.4 Å². The normalized spacial score (nSPS) is 17.8. The number of rotatable bonds is 3. The Bertz CT molecular complexity index is 452. The summed E-state index contributed by atoms with van der Waals surface area (Å²) in [4.78, 5) is 14.4. The number of alkyl halides is 3. The largest absolute Gasteiger partial charge is 0.481 e. The van der Waals surface area contributed by atoms with Crippen molar-refractivity contribution in [2.24, 2.45) is 0 Å². The Balaban J connectivity index is 2.43. The molecule has 0 aromatic carbocycles. The fourth-order valence-electron chi connectivity index (χ4n) is 2.05. The number of halogens is 3. The van der Waals surface area contributed by atoms with E-state index in [-0.39, 0.29) is 12.0 Å². The third kappa shape index (κ3) is 2.25. The summed E-state index contributed by atoms with van der Waals surface area (Å²) < 4.78 is 38.3. The highest BCUT2D eigenvalue weighted by molar-refractivity contribution is 5.70. The molecular weight excluding hydrogens is 235 g/mol. The van der Waals surface area contributed by atoms with Crippen LogP contribution in [0.4, 0.5) is 13.2 Å². The van der Waals surface area contributed by atoms with Gasteiger partial charge in [0.25, 0.3) is 0 Å². The van der Waals surface area contributed by atoms with Gasteiger partial charge in [-0.2, -0.15) is 13.2 Å². The van der Waals surface area contributed by atoms with Crippen molar-refractivity contribution in [2.75, 3.05) is 0 Å². The van der Waals surface area contributed by atoms with Gasteiger partial charge >= 0.3 is 12.1 Å². The average molecular weight is 245 g/mol. The first-order valence-electron chi connectivity index (χ1n) is 5.09. The fourth-order valence-corrected chi connectivity index (χ4v) is 2.05. The lowest BCUT2D eigenvalue weighted by molar-refractivity contribution is -0.141. The first-order chi connectivity index (χ1) is 7.85. The van der Waals surface area contributed by atoms with Gasteiger partial charge in [-0.3, -0.25) is 9.78 Å². The van der Waals surface area contributed by atoms with Gasteiger partial charge in [-0.25, -0.2) is 0 Å². The van der Waals surface area contributed by atoms with E-state index in [0.717, 1.165) is 18.5 Å². The summed E-state index contributed by atoms with van der Waals surface area (Å²) in [5.74, 6) is -1.08. The van der Waals surface area contributed by atoms with Crippen molar-refractivity contribution in [3.8, 4) is 0 Å². The molecule has 1 fully saturated rings. The zero-order valence-electron chi connectivity index (χ0n) is 8.79. The van der Waals surface area contributed by atoms with Gasteiger partial charge in [-0.15, -0.1) is 0 Å². The van der Waals surface area contributed by atoms with Crippen molar-refractivity contribution in [2.45, 2.75) is 30.9 Å². The van der Waals surface area contributed by atoms with Crippen LogP contribution in [0.25, 0.3) is 0 Å². The van der Waals surface area contributed by atoms with Crippen LogP contribution in [0.5, 0.6) is 0 Å². The van der Waals surface area contributed by atoms with Crippen LogP contribution >= 0.6 is 0 Å².